The number of carboxylic acid groups (broad SMARTS) is 1. The zero-order valence-electron chi connectivity index (χ0n) is 17.3. The fraction of sp³-hybridized carbons (Fsp3) is 0.857. The van der Waals surface area contributed by atoms with Crippen molar-refractivity contribution in [3.05, 3.63) is 0 Å². The molecule has 0 bridgehead atoms. The lowest BCUT2D eigenvalue weighted by Gasteiger charge is -2.21. The predicted molar refractivity (Wildman–Crippen MR) is 104 cm³/mol. The van der Waals surface area contributed by atoms with Crippen LogP contribution in [-0.4, -0.2) is 36.2 Å². The van der Waals surface area contributed by atoms with Crippen LogP contribution in [0.5, 0.6) is 0 Å². The predicted octanol–water partition coefficient (Wildman–Crippen LogP) is 4.74. The van der Waals surface area contributed by atoms with Crippen molar-refractivity contribution >= 4 is 17.9 Å². The van der Waals surface area contributed by atoms with E-state index in [0.29, 0.717) is 19.4 Å². The normalized spacial score (nSPS) is 13.0. The Hall–Kier alpha value is -1.59. The van der Waals surface area contributed by atoms with Crippen molar-refractivity contribution in [1.29, 1.82) is 0 Å². The molecule has 0 heterocycles. The molecule has 6 nitrogen and oxygen atoms in total. The first kappa shape index (κ1) is 25.4. The Morgan fingerprint density at radius 2 is 1.30 bits per heavy atom. The summed E-state index contributed by atoms with van der Waals surface area (Å²) in [4.78, 5) is 36.2. The van der Waals surface area contributed by atoms with Crippen molar-refractivity contribution in [2.75, 3.05) is 13.2 Å². The lowest BCUT2D eigenvalue weighted by Crippen LogP contribution is -2.33. The molecule has 158 valence electrons. The van der Waals surface area contributed by atoms with Gasteiger partial charge in [0.1, 0.15) is 0 Å². The van der Waals surface area contributed by atoms with Crippen molar-refractivity contribution in [3.63, 3.8) is 0 Å². The van der Waals surface area contributed by atoms with Gasteiger partial charge < -0.3 is 14.6 Å². The first-order valence-electron chi connectivity index (χ1n) is 10.5. The van der Waals surface area contributed by atoms with Gasteiger partial charge in [0, 0.05) is 0 Å². The van der Waals surface area contributed by atoms with Crippen LogP contribution in [0.15, 0.2) is 0 Å². The molecule has 0 aliphatic carbocycles. The van der Waals surface area contributed by atoms with Gasteiger partial charge in [0.2, 0.25) is 0 Å². The van der Waals surface area contributed by atoms with Crippen LogP contribution in [0.25, 0.3) is 0 Å². The highest BCUT2D eigenvalue weighted by Crippen LogP contribution is 2.24. The van der Waals surface area contributed by atoms with Gasteiger partial charge in [-0.2, -0.15) is 0 Å². The van der Waals surface area contributed by atoms with Crippen LogP contribution < -0.4 is 0 Å². The zero-order valence-corrected chi connectivity index (χ0v) is 17.3. The number of esters is 2. The molecule has 0 rings (SSSR count). The van der Waals surface area contributed by atoms with E-state index in [4.69, 9.17) is 9.47 Å². The van der Waals surface area contributed by atoms with Gasteiger partial charge in [-0.05, 0) is 19.3 Å². The van der Waals surface area contributed by atoms with Crippen molar-refractivity contribution in [3.8, 4) is 0 Å². The largest absolute Gasteiger partial charge is 0.481 e. The fourth-order valence-electron chi connectivity index (χ4n) is 2.96. The number of unbranched alkanes of at least 4 members (excludes halogenated alkanes) is 6. The molecule has 0 spiro atoms. The third kappa shape index (κ3) is 12.4. The molecule has 0 fully saturated rings. The summed E-state index contributed by atoms with van der Waals surface area (Å²) in [7, 11) is 0. The van der Waals surface area contributed by atoms with E-state index in [1.54, 1.807) is 0 Å². The van der Waals surface area contributed by atoms with E-state index in [2.05, 4.69) is 13.8 Å². The van der Waals surface area contributed by atoms with Gasteiger partial charge >= 0.3 is 17.9 Å². The van der Waals surface area contributed by atoms with E-state index in [-0.39, 0.29) is 13.0 Å². The fourth-order valence-corrected chi connectivity index (χ4v) is 2.96. The average molecular weight is 387 g/mol. The Balaban J connectivity index is 4.69. The summed E-state index contributed by atoms with van der Waals surface area (Å²) < 4.78 is 10.5. The van der Waals surface area contributed by atoms with Crippen LogP contribution in [0.3, 0.4) is 0 Å². The minimum Gasteiger partial charge on any atom is -0.481 e. The van der Waals surface area contributed by atoms with Gasteiger partial charge in [-0.25, -0.2) is 0 Å². The summed E-state index contributed by atoms with van der Waals surface area (Å²) in [6, 6.07) is 0. The lowest BCUT2D eigenvalue weighted by atomic mass is 9.86. The average Bonchev–Trinajstić information content (AvgIpc) is 2.63. The van der Waals surface area contributed by atoms with E-state index >= 15 is 0 Å². The molecule has 2 unspecified atom stereocenters. The highest BCUT2D eigenvalue weighted by atomic mass is 16.5. The molecule has 0 aromatic heterocycles. The topological polar surface area (TPSA) is 89.9 Å². The number of hydrogen-bond donors (Lipinski definition) is 1. The second-order valence-corrected chi connectivity index (χ2v) is 7.05. The zero-order chi connectivity index (χ0) is 20.5. The first-order valence-corrected chi connectivity index (χ1v) is 10.5. The Labute approximate surface area is 164 Å². The summed E-state index contributed by atoms with van der Waals surface area (Å²) >= 11 is 0. The quantitative estimate of drug-likeness (QED) is 0.287. The first-order chi connectivity index (χ1) is 13.0. The molecule has 0 aliphatic heterocycles. The molecule has 0 saturated carbocycles. The van der Waals surface area contributed by atoms with Gasteiger partial charge in [0.05, 0.1) is 31.5 Å². The van der Waals surface area contributed by atoms with Gasteiger partial charge in [-0.15, -0.1) is 0 Å². The highest BCUT2D eigenvalue weighted by Gasteiger charge is 2.36. The molecule has 0 radical (unpaired) electrons. The van der Waals surface area contributed by atoms with Crippen molar-refractivity contribution < 1.29 is 29.0 Å². The maximum Gasteiger partial charge on any atom is 0.310 e. The SMILES string of the molecule is CCCCCCOC(=O)CC(C(=O)OCCCCCC)C(CCC)C(=O)O. The van der Waals surface area contributed by atoms with Crippen LogP contribution in [-0.2, 0) is 23.9 Å². The third-order valence-electron chi connectivity index (χ3n) is 4.60. The van der Waals surface area contributed by atoms with Gasteiger partial charge in [-0.1, -0.05) is 65.7 Å². The minimum absolute atomic E-state index is 0.238. The van der Waals surface area contributed by atoms with Crippen molar-refractivity contribution in [2.45, 2.75) is 91.4 Å². The van der Waals surface area contributed by atoms with Crippen molar-refractivity contribution in [2.24, 2.45) is 11.8 Å². The molecule has 0 amide bonds. The number of rotatable bonds is 17. The molecule has 1 N–H and O–H groups in total. The Morgan fingerprint density at radius 1 is 0.741 bits per heavy atom. The molecule has 0 aromatic carbocycles. The smallest absolute Gasteiger partial charge is 0.310 e. The molecule has 0 saturated heterocycles. The summed E-state index contributed by atoms with van der Waals surface area (Å²) in [6.07, 6.45) is 8.52. The molecule has 0 aliphatic rings. The van der Waals surface area contributed by atoms with E-state index in [1.807, 2.05) is 6.92 Å². The van der Waals surface area contributed by atoms with E-state index in [1.165, 1.54) is 0 Å². The summed E-state index contributed by atoms with van der Waals surface area (Å²) in [5.41, 5.74) is 0. The number of hydrogen-bond acceptors (Lipinski definition) is 5. The molecule has 0 aromatic rings. The number of carboxylic acids is 1. The van der Waals surface area contributed by atoms with Crippen LogP contribution >= 0.6 is 0 Å². The summed E-state index contributed by atoms with van der Waals surface area (Å²) in [6.45, 7) is 6.63. The maximum absolute atomic E-state index is 12.5. The molecular weight excluding hydrogens is 348 g/mol. The van der Waals surface area contributed by atoms with Crippen LogP contribution in [0.1, 0.15) is 91.4 Å². The standard InChI is InChI=1S/C21H38O6/c1-4-7-9-11-14-26-19(22)16-18(17(13-6-3)20(23)24)21(25)27-15-12-10-8-5-2/h17-18H,4-16H2,1-3H3,(H,23,24). The second-order valence-electron chi connectivity index (χ2n) is 7.05. The van der Waals surface area contributed by atoms with E-state index in [9.17, 15) is 19.5 Å². The minimum atomic E-state index is -1.07. The Bertz CT molecular complexity index is 421. The van der Waals surface area contributed by atoms with Crippen LogP contribution in [0.4, 0.5) is 0 Å². The Morgan fingerprint density at radius 3 is 1.78 bits per heavy atom. The Kier molecular flexibility index (Phi) is 15.6. The third-order valence-corrected chi connectivity index (χ3v) is 4.60. The van der Waals surface area contributed by atoms with Gasteiger partial charge in [0.25, 0.3) is 0 Å². The van der Waals surface area contributed by atoms with E-state index in [0.717, 1.165) is 51.4 Å². The molecular formula is C21H38O6. The summed E-state index contributed by atoms with van der Waals surface area (Å²) in [5.74, 6) is -4.11. The maximum atomic E-state index is 12.5. The van der Waals surface area contributed by atoms with Crippen molar-refractivity contribution in [1.82, 2.24) is 0 Å². The van der Waals surface area contributed by atoms with Crippen LogP contribution in [0.2, 0.25) is 0 Å². The molecule has 27 heavy (non-hydrogen) atoms. The number of ether oxygens (including phenoxy) is 2. The van der Waals surface area contributed by atoms with Gasteiger partial charge in [0.15, 0.2) is 0 Å². The number of aliphatic carboxylic acids is 1. The second kappa shape index (κ2) is 16.6. The lowest BCUT2D eigenvalue weighted by molar-refractivity contribution is -0.162. The molecule has 6 heteroatoms. The monoisotopic (exact) mass is 386 g/mol. The summed E-state index contributed by atoms with van der Waals surface area (Å²) in [5, 5.41) is 9.49. The molecule has 2 atom stereocenters. The van der Waals surface area contributed by atoms with E-state index < -0.39 is 29.7 Å². The number of carbonyl (C=O) groups excluding carboxylic acids is 2. The highest BCUT2D eigenvalue weighted by molar-refractivity contribution is 5.85. The number of carbonyl (C=O) groups is 3. The van der Waals surface area contributed by atoms with Gasteiger partial charge in [-0.3, -0.25) is 14.4 Å². The van der Waals surface area contributed by atoms with Crippen LogP contribution in [0, 0.1) is 11.8 Å².